The van der Waals surface area contributed by atoms with Crippen molar-refractivity contribution in [3.8, 4) is 0 Å². The van der Waals surface area contributed by atoms with Crippen LogP contribution in [0.3, 0.4) is 0 Å². The summed E-state index contributed by atoms with van der Waals surface area (Å²) in [6.07, 6.45) is -0.313. The Kier molecular flexibility index (Phi) is 6.34. The number of aryl methyl sites for hydroxylation is 2. The second-order valence-electron chi connectivity index (χ2n) is 7.37. The Morgan fingerprint density at radius 2 is 1.97 bits per heavy atom. The van der Waals surface area contributed by atoms with Crippen molar-refractivity contribution < 1.29 is 27.5 Å². The van der Waals surface area contributed by atoms with Crippen molar-refractivity contribution in [1.82, 2.24) is 4.98 Å². The van der Waals surface area contributed by atoms with E-state index in [1.54, 1.807) is 5.38 Å². The first-order valence-electron chi connectivity index (χ1n) is 9.93. The Balaban J connectivity index is 1.47. The lowest BCUT2D eigenvalue weighted by Gasteiger charge is -2.19. The summed E-state index contributed by atoms with van der Waals surface area (Å²) in [5.41, 5.74) is 0.834. The fourth-order valence-electron chi connectivity index (χ4n) is 3.52. The highest BCUT2D eigenvalue weighted by Crippen LogP contribution is 2.35. The first kappa shape index (κ1) is 22.5. The molecule has 168 valence electrons. The fourth-order valence-corrected chi connectivity index (χ4v) is 5.53. The number of aromatic nitrogens is 1. The van der Waals surface area contributed by atoms with Gasteiger partial charge in [0.15, 0.2) is 5.13 Å². The molecule has 2 heterocycles. The van der Waals surface area contributed by atoms with Crippen LogP contribution < -0.4 is 4.90 Å². The molecule has 0 saturated carbocycles. The van der Waals surface area contributed by atoms with Gasteiger partial charge < -0.3 is 4.74 Å². The number of fused-ring (bicyclic) bond motifs is 1. The van der Waals surface area contributed by atoms with E-state index in [0.29, 0.717) is 10.6 Å². The van der Waals surface area contributed by atoms with E-state index in [9.17, 15) is 22.8 Å². The summed E-state index contributed by atoms with van der Waals surface area (Å²) >= 11 is 2.54. The standard InChI is InChI=1S/C22H19F3N2O3S2/c1-13(28)27(17-7-4-6-15(10-17)22(23,24)25)21-26-16(12-31-21)11-30-20(29)19-9-14-5-2-3-8-18(14)32-19/h4,6-7,9-10,12H,2-3,5,8,11H2,1H3. The minimum Gasteiger partial charge on any atom is -0.455 e. The Bertz CT molecular complexity index is 1130. The van der Waals surface area contributed by atoms with Crippen LogP contribution in [0.1, 0.15) is 51.1 Å². The summed E-state index contributed by atoms with van der Waals surface area (Å²) in [6.45, 7) is 1.16. The summed E-state index contributed by atoms with van der Waals surface area (Å²) in [5, 5.41) is 1.82. The van der Waals surface area contributed by atoms with Gasteiger partial charge in [-0.2, -0.15) is 13.2 Å². The van der Waals surface area contributed by atoms with Gasteiger partial charge >= 0.3 is 12.1 Å². The Morgan fingerprint density at radius 1 is 1.19 bits per heavy atom. The summed E-state index contributed by atoms with van der Waals surface area (Å²) in [5.74, 6) is -0.911. The first-order valence-corrected chi connectivity index (χ1v) is 11.6. The van der Waals surface area contributed by atoms with E-state index in [-0.39, 0.29) is 17.4 Å². The van der Waals surface area contributed by atoms with E-state index in [1.165, 1.54) is 40.8 Å². The largest absolute Gasteiger partial charge is 0.455 e. The van der Waals surface area contributed by atoms with Crippen LogP contribution in [0.15, 0.2) is 35.7 Å². The van der Waals surface area contributed by atoms with Gasteiger partial charge in [-0.25, -0.2) is 9.78 Å². The van der Waals surface area contributed by atoms with Gasteiger partial charge in [0.25, 0.3) is 0 Å². The molecule has 10 heteroatoms. The first-order chi connectivity index (χ1) is 15.2. The number of hydrogen-bond donors (Lipinski definition) is 0. The van der Waals surface area contributed by atoms with Gasteiger partial charge in [0.1, 0.15) is 11.5 Å². The van der Waals surface area contributed by atoms with E-state index in [1.807, 2.05) is 6.07 Å². The van der Waals surface area contributed by atoms with Crippen LogP contribution in [0.2, 0.25) is 0 Å². The molecule has 32 heavy (non-hydrogen) atoms. The lowest BCUT2D eigenvalue weighted by molar-refractivity contribution is -0.137. The van der Waals surface area contributed by atoms with E-state index < -0.39 is 23.6 Å². The highest BCUT2D eigenvalue weighted by atomic mass is 32.1. The number of rotatable bonds is 5. The minimum absolute atomic E-state index is 0.0642. The molecule has 0 bridgehead atoms. The number of hydrogen-bond acceptors (Lipinski definition) is 6. The maximum absolute atomic E-state index is 13.1. The van der Waals surface area contributed by atoms with Gasteiger partial charge in [0.05, 0.1) is 16.9 Å². The molecule has 0 unspecified atom stereocenters. The van der Waals surface area contributed by atoms with Crippen molar-refractivity contribution in [2.45, 2.75) is 45.4 Å². The van der Waals surface area contributed by atoms with Gasteiger partial charge in [-0.05, 0) is 55.5 Å². The van der Waals surface area contributed by atoms with Crippen LogP contribution in [0.4, 0.5) is 24.0 Å². The molecule has 0 saturated heterocycles. The molecule has 1 aliphatic rings. The second-order valence-corrected chi connectivity index (χ2v) is 9.34. The van der Waals surface area contributed by atoms with Gasteiger partial charge in [-0.1, -0.05) is 6.07 Å². The van der Waals surface area contributed by atoms with Gasteiger partial charge in [-0.3, -0.25) is 9.69 Å². The zero-order valence-corrected chi connectivity index (χ0v) is 18.7. The fraction of sp³-hybridized carbons (Fsp3) is 0.318. The number of thiazole rings is 1. The summed E-state index contributed by atoms with van der Waals surface area (Å²) < 4.78 is 44.6. The average Bonchev–Trinajstić information content (AvgIpc) is 3.38. The van der Waals surface area contributed by atoms with E-state index >= 15 is 0 Å². The summed E-state index contributed by atoms with van der Waals surface area (Å²) in [7, 11) is 0. The van der Waals surface area contributed by atoms with E-state index in [4.69, 9.17) is 4.74 Å². The van der Waals surface area contributed by atoms with Crippen LogP contribution in [0.5, 0.6) is 0 Å². The SMILES string of the molecule is CC(=O)N(c1cccc(C(F)(F)F)c1)c1nc(COC(=O)c2cc3c(s2)CCCC3)cs1. The molecule has 0 radical (unpaired) electrons. The van der Waals surface area contributed by atoms with Crippen LogP contribution in [-0.4, -0.2) is 16.9 Å². The number of esters is 1. The van der Waals surface area contributed by atoms with Crippen molar-refractivity contribution in [3.05, 3.63) is 62.3 Å². The molecule has 1 amide bonds. The molecule has 0 aliphatic heterocycles. The molecular formula is C22H19F3N2O3S2. The molecule has 1 aromatic carbocycles. The molecule has 0 fully saturated rings. The second kappa shape index (κ2) is 9.03. The van der Waals surface area contributed by atoms with Crippen molar-refractivity contribution in [3.63, 3.8) is 0 Å². The van der Waals surface area contributed by atoms with Gasteiger partial charge in [0, 0.05) is 17.2 Å². The molecule has 1 aliphatic carbocycles. The Morgan fingerprint density at radius 3 is 2.69 bits per heavy atom. The van der Waals surface area contributed by atoms with Crippen LogP contribution >= 0.6 is 22.7 Å². The maximum atomic E-state index is 13.1. The number of amides is 1. The van der Waals surface area contributed by atoms with E-state index in [0.717, 1.165) is 54.1 Å². The lowest BCUT2D eigenvalue weighted by Crippen LogP contribution is -2.23. The Hall–Kier alpha value is -2.72. The number of carbonyl (C=O) groups is 2. The normalized spacial score (nSPS) is 13.5. The minimum atomic E-state index is -4.53. The number of carbonyl (C=O) groups excluding carboxylic acids is 2. The molecular weight excluding hydrogens is 461 g/mol. The summed E-state index contributed by atoms with van der Waals surface area (Å²) in [4.78, 5) is 31.8. The van der Waals surface area contributed by atoms with Crippen molar-refractivity contribution in [1.29, 1.82) is 0 Å². The van der Waals surface area contributed by atoms with Gasteiger partial charge in [0.2, 0.25) is 5.91 Å². The zero-order valence-electron chi connectivity index (χ0n) is 17.1. The molecule has 0 N–H and O–H groups in total. The predicted molar refractivity (Wildman–Crippen MR) is 116 cm³/mol. The highest BCUT2D eigenvalue weighted by molar-refractivity contribution is 7.14. The third-order valence-corrected chi connectivity index (χ3v) is 7.12. The van der Waals surface area contributed by atoms with Crippen LogP contribution in [0, 0.1) is 0 Å². The third kappa shape index (κ3) is 4.86. The Labute approximate surface area is 190 Å². The van der Waals surface area contributed by atoms with Crippen LogP contribution in [0.25, 0.3) is 0 Å². The smallest absolute Gasteiger partial charge is 0.416 e. The molecule has 5 nitrogen and oxygen atoms in total. The lowest BCUT2D eigenvalue weighted by atomic mass is 9.99. The number of ether oxygens (including phenoxy) is 1. The average molecular weight is 481 g/mol. The maximum Gasteiger partial charge on any atom is 0.416 e. The number of halogens is 3. The molecule has 3 aromatic rings. The predicted octanol–water partition coefficient (Wildman–Crippen LogP) is 6.14. The van der Waals surface area contributed by atoms with Crippen molar-refractivity contribution in [2.75, 3.05) is 4.90 Å². The van der Waals surface area contributed by atoms with Crippen molar-refractivity contribution in [2.24, 2.45) is 0 Å². The monoisotopic (exact) mass is 480 g/mol. The molecule has 0 atom stereocenters. The topological polar surface area (TPSA) is 59.5 Å². The number of nitrogens with zero attached hydrogens (tertiary/aromatic N) is 2. The van der Waals surface area contributed by atoms with Gasteiger partial charge in [-0.15, -0.1) is 22.7 Å². The molecule has 0 spiro atoms. The number of anilines is 2. The number of thiophene rings is 1. The van der Waals surface area contributed by atoms with Crippen LogP contribution in [-0.2, 0) is 35.2 Å². The molecule has 4 rings (SSSR count). The third-order valence-electron chi connectivity index (χ3n) is 5.03. The number of benzene rings is 1. The highest BCUT2D eigenvalue weighted by Gasteiger charge is 2.31. The zero-order chi connectivity index (χ0) is 22.9. The van der Waals surface area contributed by atoms with Crippen molar-refractivity contribution >= 4 is 45.4 Å². The number of alkyl halides is 3. The summed E-state index contributed by atoms with van der Waals surface area (Å²) in [6, 6.07) is 6.39. The molecule has 2 aromatic heterocycles. The van der Waals surface area contributed by atoms with E-state index in [2.05, 4.69) is 4.98 Å². The quantitative estimate of drug-likeness (QED) is 0.412.